The third-order valence-corrected chi connectivity index (χ3v) is 5.39. The minimum absolute atomic E-state index is 0.0193. The van der Waals surface area contributed by atoms with Crippen molar-refractivity contribution in [2.24, 2.45) is 0 Å². The number of amides is 1. The highest BCUT2D eigenvalue weighted by Crippen LogP contribution is 2.31. The van der Waals surface area contributed by atoms with Crippen molar-refractivity contribution in [3.05, 3.63) is 89.4 Å². The van der Waals surface area contributed by atoms with Crippen molar-refractivity contribution in [3.63, 3.8) is 0 Å². The molecule has 0 radical (unpaired) electrons. The van der Waals surface area contributed by atoms with Gasteiger partial charge in [0.1, 0.15) is 29.4 Å². The standard InChI is InChI=1S/C24H15F6N5O2/c25-23(26,27)14-6-4-13(5-7-14)12-37-15-8-9-16-17(10-15)33-22(32-16)34-21(36)18-11-35-19(24(28,29)30)2-1-3-20(35)31-18/h1-11H,12H2,(H2,32,33,34,36). The summed E-state index contributed by atoms with van der Waals surface area (Å²) in [6, 6.07) is 12.8. The monoisotopic (exact) mass is 519 g/mol. The van der Waals surface area contributed by atoms with E-state index in [1.807, 2.05) is 0 Å². The number of nitrogens with one attached hydrogen (secondary N) is 2. The van der Waals surface area contributed by atoms with E-state index in [-0.39, 0.29) is 23.9 Å². The Morgan fingerprint density at radius 1 is 0.946 bits per heavy atom. The maximum Gasteiger partial charge on any atom is 0.431 e. The molecule has 0 saturated heterocycles. The first-order valence-electron chi connectivity index (χ1n) is 10.6. The van der Waals surface area contributed by atoms with Crippen molar-refractivity contribution in [2.75, 3.05) is 5.32 Å². The van der Waals surface area contributed by atoms with Gasteiger partial charge in [-0.15, -0.1) is 0 Å². The Morgan fingerprint density at radius 3 is 2.41 bits per heavy atom. The fourth-order valence-corrected chi connectivity index (χ4v) is 3.61. The Balaban J connectivity index is 1.29. The molecule has 0 bridgehead atoms. The molecule has 5 aromatic rings. The molecule has 7 nitrogen and oxygen atoms in total. The van der Waals surface area contributed by atoms with Crippen molar-refractivity contribution >= 4 is 28.5 Å². The smallest absolute Gasteiger partial charge is 0.431 e. The van der Waals surface area contributed by atoms with Gasteiger partial charge in [0, 0.05) is 12.3 Å². The van der Waals surface area contributed by atoms with Crippen LogP contribution in [0, 0.1) is 0 Å². The van der Waals surface area contributed by atoms with Crippen LogP contribution in [-0.4, -0.2) is 25.3 Å². The number of hydrogen-bond donors (Lipinski definition) is 2. The Kier molecular flexibility index (Phi) is 5.77. The molecule has 0 unspecified atom stereocenters. The van der Waals surface area contributed by atoms with E-state index in [2.05, 4.69) is 20.3 Å². The van der Waals surface area contributed by atoms with Gasteiger partial charge in [0.25, 0.3) is 5.91 Å². The number of aromatic amines is 1. The number of halogens is 6. The quantitative estimate of drug-likeness (QED) is 0.276. The zero-order chi connectivity index (χ0) is 26.4. The van der Waals surface area contributed by atoms with Crippen molar-refractivity contribution < 1.29 is 35.9 Å². The molecule has 1 amide bonds. The Hall–Kier alpha value is -4.55. The first-order valence-corrected chi connectivity index (χ1v) is 10.6. The summed E-state index contributed by atoms with van der Waals surface area (Å²) in [5.74, 6) is -0.348. The Morgan fingerprint density at radius 2 is 1.70 bits per heavy atom. The summed E-state index contributed by atoms with van der Waals surface area (Å²) in [6.07, 6.45) is -8.06. The van der Waals surface area contributed by atoms with Crippen LogP contribution in [0.5, 0.6) is 5.75 Å². The molecule has 190 valence electrons. The molecule has 3 heterocycles. The SMILES string of the molecule is O=C(Nc1nc2cc(OCc3ccc(C(F)(F)F)cc3)ccc2[nH]1)c1cn2c(C(F)(F)F)cccc2n1. The highest BCUT2D eigenvalue weighted by molar-refractivity contribution is 6.03. The lowest BCUT2D eigenvalue weighted by atomic mass is 10.1. The van der Waals surface area contributed by atoms with Gasteiger partial charge in [-0.05, 0) is 42.0 Å². The predicted octanol–water partition coefficient (Wildman–Crippen LogP) is 6.08. The van der Waals surface area contributed by atoms with Crippen LogP contribution in [0.2, 0.25) is 0 Å². The normalized spacial score (nSPS) is 12.3. The second kappa shape index (κ2) is 8.84. The summed E-state index contributed by atoms with van der Waals surface area (Å²) in [6.45, 7) is 0.0193. The number of carbonyl (C=O) groups excluding carboxylic acids is 1. The summed E-state index contributed by atoms with van der Waals surface area (Å²) in [4.78, 5) is 23.7. The molecule has 0 aliphatic heterocycles. The van der Waals surface area contributed by atoms with Crippen LogP contribution in [0.4, 0.5) is 32.3 Å². The summed E-state index contributed by atoms with van der Waals surface area (Å²) in [5.41, 5.74) is -0.528. The van der Waals surface area contributed by atoms with E-state index in [1.54, 1.807) is 18.2 Å². The van der Waals surface area contributed by atoms with Crippen LogP contribution in [0.1, 0.15) is 27.3 Å². The van der Waals surface area contributed by atoms with Gasteiger partial charge in [-0.1, -0.05) is 18.2 Å². The number of nitrogens with zero attached hydrogens (tertiary/aromatic N) is 3. The number of anilines is 1. The van der Waals surface area contributed by atoms with Crippen LogP contribution < -0.4 is 10.1 Å². The van der Waals surface area contributed by atoms with E-state index in [4.69, 9.17) is 4.74 Å². The molecule has 3 aromatic heterocycles. The minimum Gasteiger partial charge on any atom is -0.489 e. The molecular formula is C24H15F6N5O2. The number of H-pyrrole nitrogens is 1. The molecule has 0 fully saturated rings. The second-order valence-electron chi connectivity index (χ2n) is 7.96. The van der Waals surface area contributed by atoms with Gasteiger partial charge < -0.3 is 9.72 Å². The lowest BCUT2D eigenvalue weighted by Gasteiger charge is -2.09. The largest absolute Gasteiger partial charge is 0.489 e. The first kappa shape index (κ1) is 24.2. The van der Waals surface area contributed by atoms with Crippen molar-refractivity contribution in [3.8, 4) is 5.75 Å². The summed E-state index contributed by atoms with van der Waals surface area (Å²) >= 11 is 0. The molecule has 0 spiro atoms. The van der Waals surface area contributed by atoms with Gasteiger partial charge >= 0.3 is 12.4 Å². The number of benzene rings is 2. The van der Waals surface area contributed by atoms with E-state index in [9.17, 15) is 31.1 Å². The van der Waals surface area contributed by atoms with Gasteiger partial charge in [-0.3, -0.25) is 14.5 Å². The summed E-state index contributed by atoms with van der Waals surface area (Å²) in [5, 5.41) is 2.47. The van der Waals surface area contributed by atoms with Crippen LogP contribution in [-0.2, 0) is 19.0 Å². The molecule has 2 aromatic carbocycles. The maximum absolute atomic E-state index is 13.2. The highest BCUT2D eigenvalue weighted by atomic mass is 19.4. The fourth-order valence-electron chi connectivity index (χ4n) is 3.61. The number of alkyl halides is 6. The number of carbonyl (C=O) groups is 1. The number of pyridine rings is 1. The van der Waals surface area contributed by atoms with Crippen LogP contribution in [0.15, 0.2) is 66.9 Å². The van der Waals surface area contributed by atoms with E-state index >= 15 is 0 Å². The summed E-state index contributed by atoms with van der Waals surface area (Å²) in [7, 11) is 0. The van der Waals surface area contributed by atoms with Crippen molar-refractivity contribution in [2.45, 2.75) is 19.0 Å². The molecule has 13 heteroatoms. The Bertz CT molecular complexity index is 1600. The number of hydrogen-bond acceptors (Lipinski definition) is 4. The van der Waals surface area contributed by atoms with Crippen molar-refractivity contribution in [1.29, 1.82) is 0 Å². The first-order chi connectivity index (χ1) is 17.5. The summed E-state index contributed by atoms with van der Waals surface area (Å²) < 4.78 is 84.2. The Labute approximate surface area is 203 Å². The minimum atomic E-state index is -4.63. The average molecular weight is 519 g/mol. The van der Waals surface area contributed by atoms with Crippen LogP contribution in [0.3, 0.4) is 0 Å². The third-order valence-electron chi connectivity index (χ3n) is 5.39. The van der Waals surface area contributed by atoms with E-state index in [0.29, 0.717) is 22.3 Å². The molecule has 5 rings (SSSR count). The van der Waals surface area contributed by atoms with E-state index < -0.39 is 29.5 Å². The fraction of sp³-hybridized carbons (Fsp3) is 0.125. The second-order valence-corrected chi connectivity index (χ2v) is 7.96. The van der Waals surface area contributed by atoms with Gasteiger partial charge in [0.15, 0.2) is 0 Å². The van der Waals surface area contributed by atoms with Crippen molar-refractivity contribution in [1.82, 2.24) is 19.4 Å². The predicted molar refractivity (Wildman–Crippen MR) is 120 cm³/mol. The van der Waals surface area contributed by atoms with Gasteiger partial charge in [0.05, 0.1) is 16.6 Å². The number of fused-ring (bicyclic) bond motifs is 2. The van der Waals surface area contributed by atoms with Crippen LogP contribution >= 0.6 is 0 Å². The number of rotatable bonds is 5. The number of imidazole rings is 2. The van der Waals surface area contributed by atoms with Gasteiger partial charge in [-0.2, -0.15) is 26.3 Å². The average Bonchev–Trinajstić information content (AvgIpc) is 3.45. The number of ether oxygens (including phenoxy) is 1. The lowest BCUT2D eigenvalue weighted by molar-refractivity contribution is -0.142. The van der Waals surface area contributed by atoms with Crippen LogP contribution in [0.25, 0.3) is 16.7 Å². The molecule has 37 heavy (non-hydrogen) atoms. The third kappa shape index (κ3) is 5.06. The number of aromatic nitrogens is 4. The van der Waals surface area contributed by atoms with E-state index in [0.717, 1.165) is 28.8 Å². The highest BCUT2D eigenvalue weighted by Gasteiger charge is 2.34. The maximum atomic E-state index is 13.2. The zero-order valence-corrected chi connectivity index (χ0v) is 18.5. The lowest BCUT2D eigenvalue weighted by Crippen LogP contribution is -2.13. The van der Waals surface area contributed by atoms with Gasteiger partial charge in [-0.25, -0.2) is 9.97 Å². The molecule has 0 atom stereocenters. The van der Waals surface area contributed by atoms with Gasteiger partial charge in [0.2, 0.25) is 5.95 Å². The topological polar surface area (TPSA) is 84.3 Å². The van der Waals surface area contributed by atoms with E-state index in [1.165, 1.54) is 24.3 Å². The molecule has 2 N–H and O–H groups in total. The molecule has 0 saturated carbocycles. The molecule has 0 aliphatic rings. The molecular weight excluding hydrogens is 504 g/mol. The zero-order valence-electron chi connectivity index (χ0n) is 18.5. The molecule has 0 aliphatic carbocycles.